The maximum absolute atomic E-state index is 11.6. The van der Waals surface area contributed by atoms with E-state index in [-0.39, 0.29) is 11.2 Å². The molecule has 0 radical (unpaired) electrons. The summed E-state index contributed by atoms with van der Waals surface area (Å²) >= 11 is 1.56. The van der Waals surface area contributed by atoms with E-state index in [4.69, 9.17) is 0 Å². The van der Waals surface area contributed by atoms with Crippen LogP contribution in [0.3, 0.4) is 0 Å². The molecule has 1 aliphatic rings. The van der Waals surface area contributed by atoms with Crippen LogP contribution in [0.25, 0.3) is 0 Å². The first-order valence-electron chi connectivity index (χ1n) is 4.65. The first-order chi connectivity index (χ1) is 6.72. The number of pyridine rings is 1. The molecular formula is C10H12N2OS. The van der Waals surface area contributed by atoms with Crippen molar-refractivity contribution in [3.63, 3.8) is 0 Å². The molecule has 1 N–H and O–H groups in total. The van der Waals surface area contributed by atoms with Crippen LogP contribution in [0.2, 0.25) is 0 Å². The Morgan fingerprint density at radius 3 is 3.14 bits per heavy atom. The van der Waals surface area contributed by atoms with Gasteiger partial charge in [-0.15, -0.1) is 0 Å². The predicted octanol–water partition coefficient (Wildman–Crippen LogP) is 2.21. The number of amides is 1. The number of fused-ring (bicyclic) bond motifs is 1. The van der Waals surface area contributed by atoms with Gasteiger partial charge < -0.3 is 5.32 Å². The number of anilines is 1. The molecule has 1 aromatic rings. The third kappa shape index (κ3) is 1.50. The topological polar surface area (TPSA) is 42.0 Å². The molecule has 3 nitrogen and oxygen atoms in total. The van der Waals surface area contributed by atoms with Crippen molar-refractivity contribution in [3.8, 4) is 0 Å². The largest absolute Gasteiger partial charge is 0.323 e. The first-order valence-corrected chi connectivity index (χ1v) is 5.53. The number of aromatic nitrogens is 1. The van der Waals surface area contributed by atoms with E-state index >= 15 is 0 Å². The van der Waals surface area contributed by atoms with Crippen LogP contribution in [0.4, 0.5) is 5.69 Å². The van der Waals surface area contributed by atoms with E-state index in [1.165, 1.54) is 0 Å². The van der Waals surface area contributed by atoms with Gasteiger partial charge in [-0.25, -0.2) is 4.98 Å². The molecule has 1 aromatic heterocycles. The van der Waals surface area contributed by atoms with Gasteiger partial charge in [0, 0.05) is 6.20 Å². The van der Waals surface area contributed by atoms with Gasteiger partial charge in [-0.2, -0.15) is 0 Å². The zero-order chi connectivity index (χ0) is 10.1. The van der Waals surface area contributed by atoms with Crippen molar-refractivity contribution in [1.82, 2.24) is 4.98 Å². The molecule has 2 heterocycles. The van der Waals surface area contributed by atoms with Crippen molar-refractivity contribution in [3.05, 3.63) is 17.8 Å². The van der Waals surface area contributed by atoms with E-state index in [1.807, 2.05) is 19.9 Å². The van der Waals surface area contributed by atoms with E-state index in [2.05, 4.69) is 10.3 Å². The monoisotopic (exact) mass is 208 g/mol. The minimum absolute atomic E-state index is 0.0109. The summed E-state index contributed by atoms with van der Waals surface area (Å²) in [5, 5.41) is 3.86. The molecule has 0 saturated carbocycles. The highest BCUT2D eigenvalue weighted by atomic mass is 32.2. The number of hydrogen-bond donors (Lipinski definition) is 1. The standard InChI is InChI=1S/C10H12N2OS/c1-3-7-9(13)12-8-6(2)4-5-11-10(8)14-7/h4-5,7H,3H2,1-2H3,(H,12,13). The highest BCUT2D eigenvalue weighted by Crippen LogP contribution is 2.36. The number of carbonyl (C=O) groups is 1. The SMILES string of the molecule is CCC1Sc2nccc(C)c2NC1=O. The molecule has 4 heteroatoms. The van der Waals surface area contributed by atoms with Gasteiger partial charge in [0.05, 0.1) is 10.9 Å². The molecule has 1 unspecified atom stereocenters. The zero-order valence-corrected chi connectivity index (χ0v) is 9.02. The molecule has 0 aromatic carbocycles. The normalized spacial score (nSPS) is 20.1. The first kappa shape index (κ1) is 9.52. The van der Waals surface area contributed by atoms with E-state index in [9.17, 15) is 4.79 Å². The number of aryl methyl sites for hydroxylation is 1. The molecule has 1 amide bonds. The van der Waals surface area contributed by atoms with Gasteiger partial charge in [-0.3, -0.25) is 4.79 Å². The molecule has 0 saturated heterocycles. The van der Waals surface area contributed by atoms with Crippen LogP contribution >= 0.6 is 11.8 Å². The average molecular weight is 208 g/mol. The summed E-state index contributed by atoms with van der Waals surface area (Å²) in [5.74, 6) is 0.0982. The number of nitrogens with zero attached hydrogens (tertiary/aromatic N) is 1. The van der Waals surface area contributed by atoms with Crippen LogP contribution in [-0.2, 0) is 4.79 Å². The molecule has 1 aliphatic heterocycles. The Labute approximate surface area is 87.3 Å². The van der Waals surface area contributed by atoms with E-state index in [0.29, 0.717) is 0 Å². The second-order valence-electron chi connectivity index (χ2n) is 3.31. The molecular weight excluding hydrogens is 196 g/mol. The second-order valence-corrected chi connectivity index (χ2v) is 4.50. The average Bonchev–Trinajstić information content (AvgIpc) is 2.19. The molecule has 0 spiro atoms. The maximum Gasteiger partial charge on any atom is 0.237 e. The highest BCUT2D eigenvalue weighted by Gasteiger charge is 2.26. The summed E-state index contributed by atoms with van der Waals surface area (Å²) in [6.45, 7) is 3.99. The minimum Gasteiger partial charge on any atom is -0.323 e. The van der Waals surface area contributed by atoms with Gasteiger partial charge in [0.1, 0.15) is 5.03 Å². The second kappa shape index (κ2) is 3.61. The Balaban J connectivity index is 2.40. The number of carbonyl (C=O) groups excluding carboxylic acids is 1. The van der Waals surface area contributed by atoms with Crippen molar-refractivity contribution in [2.75, 3.05) is 5.32 Å². The van der Waals surface area contributed by atoms with Crippen LogP contribution < -0.4 is 5.32 Å². The van der Waals surface area contributed by atoms with Gasteiger partial charge in [0.2, 0.25) is 5.91 Å². The number of hydrogen-bond acceptors (Lipinski definition) is 3. The molecule has 74 valence electrons. The van der Waals surface area contributed by atoms with Crippen molar-refractivity contribution in [2.45, 2.75) is 30.5 Å². The Morgan fingerprint density at radius 1 is 1.64 bits per heavy atom. The van der Waals surface area contributed by atoms with Crippen LogP contribution in [0.15, 0.2) is 17.3 Å². The van der Waals surface area contributed by atoms with Gasteiger partial charge >= 0.3 is 0 Å². The van der Waals surface area contributed by atoms with Gasteiger partial charge in [-0.05, 0) is 25.0 Å². The smallest absolute Gasteiger partial charge is 0.237 e. The Hall–Kier alpha value is -1.03. The molecule has 0 bridgehead atoms. The zero-order valence-electron chi connectivity index (χ0n) is 8.20. The summed E-state index contributed by atoms with van der Waals surface area (Å²) in [5.41, 5.74) is 1.96. The van der Waals surface area contributed by atoms with Crippen molar-refractivity contribution in [2.24, 2.45) is 0 Å². The Bertz CT molecular complexity index is 378. The summed E-state index contributed by atoms with van der Waals surface area (Å²) in [4.78, 5) is 15.8. The van der Waals surface area contributed by atoms with Crippen LogP contribution in [0, 0.1) is 6.92 Å². The molecule has 1 atom stereocenters. The van der Waals surface area contributed by atoms with E-state index < -0.39 is 0 Å². The summed E-state index contributed by atoms with van der Waals surface area (Å²) in [6.07, 6.45) is 2.62. The summed E-state index contributed by atoms with van der Waals surface area (Å²) in [6, 6.07) is 1.91. The lowest BCUT2D eigenvalue weighted by Crippen LogP contribution is -2.29. The third-order valence-electron chi connectivity index (χ3n) is 2.29. The Kier molecular flexibility index (Phi) is 2.46. The number of rotatable bonds is 1. The van der Waals surface area contributed by atoms with Crippen molar-refractivity contribution >= 4 is 23.4 Å². The fourth-order valence-corrected chi connectivity index (χ4v) is 2.49. The summed E-state index contributed by atoms with van der Waals surface area (Å²) in [7, 11) is 0. The van der Waals surface area contributed by atoms with Gasteiger partial charge in [0.25, 0.3) is 0 Å². The predicted molar refractivity (Wildman–Crippen MR) is 57.5 cm³/mol. The third-order valence-corrected chi connectivity index (χ3v) is 3.65. The lowest BCUT2D eigenvalue weighted by atomic mass is 10.2. The number of thioether (sulfide) groups is 1. The van der Waals surface area contributed by atoms with Crippen LogP contribution in [-0.4, -0.2) is 16.1 Å². The highest BCUT2D eigenvalue weighted by molar-refractivity contribution is 8.00. The number of nitrogens with one attached hydrogen (secondary N) is 1. The minimum atomic E-state index is 0.0109. The van der Waals surface area contributed by atoms with Crippen molar-refractivity contribution in [1.29, 1.82) is 0 Å². The van der Waals surface area contributed by atoms with Crippen LogP contribution in [0.5, 0.6) is 0 Å². The summed E-state index contributed by atoms with van der Waals surface area (Å²) < 4.78 is 0. The van der Waals surface area contributed by atoms with Gasteiger partial charge in [0.15, 0.2) is 0 Å². The van der Waals surface area contributed by atoms with E-state index in [0.717, 1.165) is 22.7 Å². The molecule has 0 fully saturated rings. The molecule has 2 rings (SSSR count). The van der Waals surface area contributed by atoms with E-state index in [1.54, 1.807) is 18.0 Å². The maximum atomic E-state index is 11.6. The van der Waals surface area contributed by atoms with Gasteiger partial charge in [-0.1, -0.05) is 18.7 Å². The fraction of sp³-hybridized carbons (Fsp3) is 0.400. The fourth-order valence-electron chi connectivity index (χ4n) is 1.44. The van der Waals surface area contributed by atoms with Crippen molar-refractivity contribution < 1.29 is 4.79 Å². The Morgan fingerprint density at radius 2 is 2.43 bits per heavy atom. The lowest BCUT2D eigenvalue weighted by Gasteiger charge is -2.23. The quantitative estimate of drug-likeness (QED) is 0.769. The van der Waals surface area contributed by atoms with Crippen LogP contribution in [0.1, 0.15) is 18.9 Å². The molecule has 0 aliphatic carbocycles. The lowest BCUT2D eigenvalue weighted by molar-refractivity contribution is -0.115. The molecule has 14 heavy (non-hydrogen) atoms.